The van der Waals surface area contributed by atoms with E-state index in [9.17, 15) is 9.90 Å². The van der Waals surface area contributed by atoms with Crippen LogP contribution in [-0.2, 0) is 11.2 Å². The summed E-state index contributed by atoms with van der Waals surface area (Å²) in [7, 11) is 0. The lowest BCUT2D eigenvalue weighted by Crippen LogP contribution is -2.37. The van der Waals surface area contributed by atoms with E-state index in [2.05, 4.69) is 6.92 Å². The third-order valence-electron chi connectivity index (χ3n) is 5.45. The highest BCUT2D eigenvalue weighted by Gasteiger charge is 2.29. The van der Waals surface area contributed by atoms with Gasteiger partial charge in [-0.25, -0.2) is 4.79 Å². The molecule has 1 N–H and O–H groups in total. The Kier molecular flexibility index (Phi) is 13.1. The van der Waals surface area contributed by atoms with E-state index in [-0.39, 0.29) is 0 Å². The lowest BCUT2D eigenvalue weighted by atomic mass is 10.0. The zero-order valence-corrected chi connectivity index (χ0v) is 19.5. The van der Waals surface area contributed by atoms with E-state index in [0.717, 1.165) is 23.4 Å². The molecule has 0 unspecified atom stereocenters. The van der Waals surface area contributed by atoms with Crippen molar-refractivity contribution in [3.63, 3.8) is 0 Å². The SMILES string of the molecule is CCCCCCCCCCCCCCCc1cc(OC(C)(C)C(=O)O)ccc1Cl. The molecular formula is C25H41ClO3. The molecule has 0 aliphatic rings. The van der Waals surface area contributed by atoms with E-state index in [1.54, 1.807) is 26.0 Å². The normalized spacial score (nSPS) is 11.6. The maximum atomic E-state index is 11.2. The van der Waals surface area contributed by atoms with Crippen molar-refractivity contribution in [3.05, 3.63) is 28.8 Å². The van der Waals surface area contributed by atoms with Gasteiger partial charge < -0.3 is 9.84 Å². The lowest BCUT2D eigenvalue weighted by Gasteiger charge is -2.22. The first-order valence-electron chi connectivity index (χ1n) is 11.6. The van der Waals surface area contributed by atoms with E-state index >= 15 is 0 Å². The van der Waals surface area contributed by atoms with Crippen molar-refractivity contribution in [1.29, 1.82) is 0 Å². The lowest BCUT2D eigenvalue weighted by molar-refractivity contribution is -0.152. The number of carboxylic acids is 1. The minimum atomic E-state index is -1.25. The quantitative estimate of drug-likeness (QED) is 0.256. The number of benzene rings is 1. The van der Waals surface area contributed by atoms with Crippen LogP contribution in [0.3, 0.4) is 0 Å². The van der Waals surface area contributed by atoms with Crippen LogP contribution in [0.25, 0.3) is 0 Å². The van der Waals surface area contributed by atoms with Gasteiger partial charge >= 0.3 is 5.97 Å². The first-order valence-corrected chi connectivity index (χ1v) is 12.0. The van der Waals surface area contributed by atoms with Gasteiger partial charge in [0.1, 0.15) is 5.75 Å². The summed E-state index contributed by atoms with van der Waals surface area (Å²) in [5, 5.41) is 9.94. The first kappa shape index (κ1) is 25.8. The Bertz CT molecular complexity index is 583. The van der Waals surface area contributed by atoms with E-state index < -0.39 is 11.6 Å². The number of unbranched alkanes of at least 4 members (excludes halogenated alkanes) is 12. The number of carbonyl (C=O) groups is 1. The number of aliphatic carboxylic acids is 1. The minimum Gasteiger partial charge on any atom is -0.478 e. The Hall–Kier alpha value is -1.22. The molecule has 0 fully saturated rings. The predicted molar refractivity (Wildman–Crippen MR) is 123 cm³/mol. The summed E-state index contributed by atoms with van der Waals surface area (Å²) < 4.78 is 5.62. The highest BCUT2D eigenvalue weighted by atomic mass is 35.5. The van der Waals surface area contributed by atoms with Crippen LogP contribution in [0, 0.1) is 0 Å². The van der Waals surface area contributed by atoms with Crippen LogP contribution in [0.2, 0.25) is 5.02 Å². The van der Waals surface area contributed by atoms with Crippen LogP contribution in [0.4, 0.5) is 0 Å². The summed E-state index contributed by atoms with van der Waals surface area (Å²) in [6.07, 6.45) is 18.3. The molecule has 1 aromatic carbocycles. The second-order valence-electron chi connectivity index (χ2n) is 8.66. The minimum absolute atomic E-state index is 0.562. The topological polar surface area (TPSA) is 46.5 Å². The molecule has 29 heavy (non-hydrogen) atoms. The Morgan fingerprint density at radius 2 is 1.38 bits per heavy atom. The Morgan fingerprint density at radius 3 is 1.86 bits per heavy atom. The van der Waals surface area contributed by atoms with Gasteiger partial charge in [-0.15, -0.1) is 0 Å². The molecule has 1 rings (SSSR count). The van der Waals surface area contributed by atoms with Gasteiger partial charge in [0.25, 0.3) is 0 Å². The van der Waals surface area contributed by atoms with Gasteiger partial charge in [-0.3, -0.25) is 0 Å². The molecule has 0 spiro atoms. The fourth-order valence-corrected chi connectivity index (χ4v) is 3.69. The van der Waals surface area contributed by atoms with Crippen molar-refractivity contribution >= 4 is 17.6 Å². The Labute approximate surface area is 183 Å². The van der Waals surface area contributed by atoms with Crippen LogP contribution in [0.1, 0.15) is 110 Å². The average molecular weight is 425 g/mol. The van der Waals surface area contributed by atoms with Gasteiger partial charge in [-0.1, -0.05) is 95.6 Å². The molecule has 0 radical (unpaired) electrons. The summed E-state index contributed by atoms with van der Waals surface area (Å²) in [5.74, 6) is -0.419. The van der Waals surface area contributed by atoms with Crippen molar-refractivity contribution in [3.8, 4) is 5.75 Å². The molecule has 4 heteroatoms. The van der Waals surface area contributed by atoms with Crippen molar-refractivity contribution in [1.82, 2.24) is 0 Å². The van der Waals surface area contributed by atoms with Gasteiger partial charge in [-0.2, -0.15) is 0 Å². The number of ether oxygens (including phenoxy) is 1. The fourth-order valence-electron chi connectivity index (χ4n) is 3.48. The van der Waals surface area contributed by atoms with Crippen LogP contribution >= 0.6 is 11.6 Å². The molecule has 0 bridgehead atoms. The Morgan fingerprint density at radius 1 is 0.897 bits per heavy atom. The standard InChI is InChI=1S/C25H41ClO3/c1-4-5-6-7-8-9-10-11-12-13-14-15-16-17-21-20-22(18-19-23(21)26)29-25(2,3)24(27)28/h18-20H,4-17H2,1-3H3,(H,27,28). The van der Waals surface area contributed by atoms with Gasteiger partial charge in [0.15, 0.2) is 5.60 Å². The summed E-state index contributed by atoms with van der Waals surface area (Å²) in [4.78, 5) is 11.2. The molecule has 0 aliphatic carbocycles. The van der Waals surface area contributed by atoms with Crippen molar-refractivity contribution < 1.29 is 14.6 Å². The highest BCUT2D eigenvalue weighted by molar-refractivity contribution is 6.31. The van der Waals surface area contributed by atoms with E-state index in [1.807, 2.05) is 6.07 Å². The molecule has 1 aromatic rings. The number of hydrogen-bond acceptors (Lipinski definition) is 2. The molecule has 0 aromatic heterocycles. The molecular weight excluding hydrogens is 384 g/mol. The van der Waals surface area contributed by atoms with Crippen LogP contribution in [0.15, 0.2) is 18.2 Å². The van der Waals surface area contributed by atoms with Crippen molar-refractivity contribution in [2.24, 2.45) is 0 Å². The Balaban J connectivity index is 2.15. The predicted octanol–water partition coefficient (Wildman–Crippen LogP) is 8.22. The largest absolute Gasteiger partial charge is 0.478 e. The second kappa shape index (κ2) is 14.7. The molecule has 0 saturated heterocycles. The molecule has 166 valence electrons. The molecule has 0 saturated carbocycles. The number of rotatable bonds is 17. The van der Waals surface area contributed by atoms with Crippen molar-refractivity contribution in [2.45, 2.75) is 116 Å². The molecule has 0 atom stereocenters. The molecule has 0 aliphatic heterocycles. The molecule has 3 nitrogen and oxygen atoms in total. The maximum Gasteiger partial charge on any atom is 0.347 e. The zero-order valence-electron chi connectivity index (χ0n) is 18.8. The third kappa shape index (κ3) is 11.5. The molecule has 0 heterocycles. The van der Waals surface area contributed by atoms with Crippen LogP contribution in [0.5, 0.6) is 5.75 Å². The second-order valence-corrected chi connectivity index (χ2v) is 9.07. The monoisotopic (exact) mass is 424 g/mol. The summed E-state index contributed by atoms with van der Waals surface area (Å²) in [6, 6.07) is 5.42. The highest BCUT2D eigenvalue weighted by Crippen LogP contribution is 2.27. The van der Waals surface area contributed by atoms with Gasteiger partial charge in [-0.05, 0) is 50.5 Å². The average Bonchev–Trinajstić information content (AvgIpc) is 2.67. The number of carboxylic acid groups (broad SMARTS) is 1. The number of aryl methyl sites for hydroxylation is 1. The van der Waals surface area contributed by atoms with Gasteiger partial charge in [0, 0.05) is 5.02 Å². The smallest absolute Gasteiger partial charge is 0.347 e. The van der Waals surface area contributed by atoms with Crippen molar-refractivity contribution in [2.75, 3.05) is 0 Å². The summed E-state index contributed by atoms with van der Waals surface area (Å²) in [5.41, 5.74) is -0.214. The van der Waals surface area contributed by atoms with E-state index in [4.69, 9.17) is 16.3 Å². The van der Waals surface area contributed by atoms with E-state index in [0.29, 0.717) is 5.75 Å². The number of halogens is 1. The van der Waals surface area contributed by atoms with E-state index in [1.165, 1.54) is 77.0 Å². The fraction of sp³-hybridized carbons (Fsp3) is 0.720. The maximum absolute atomic E-state index is 11.2. The van der Waals surface area contributed by atoms with Gasteiger partial charge in [0.05, 0.1) is 0 Å². The molecule has 0 amide bonds. The summed E-state index contributed by atoms with van der Waals surface area (Å²) in [6.45, 7) is 5.37. The first-order chi connectivity index (χ1) is 13.9. The van der Waals surface area contributed by atoms with Crippen LogP contribution < -0.4 is 4.74 Å². The van der Waals surface area contributed by atoms with Gasteiger partial charge in [0.2, 0.25) is 0 Å². The zero-order chi connectivity index (χ0) is 21.5. The van der Waals surface area contributed by atoms with Crippen LogP contribution in [-0.4, -0.2) is 16.7 Å². The number of hydrogen-bond donors (Lipinski definition) is 1. The third-order valence-corrected chi connectivity index (χ3v) is 5.82. The summed E-state index contributed by atoms with van der Waals surface area (Å²) >= 11 is 6.31.